The second kappa shape index (κ2) is 6.12. The lowest BCUT2D eigenvalue weighted by Crippen LogP contribution is -2.51. The van der Waals surface area contributed by atoms with Crippen molar-refractivity contribution in [3.05, 3.63) is 18.7 Å². The maximum Gasteiger partial charge on any atom is 0.230 e. The molecule has 2 amide bonds. The zero-order chi connectivity index (χ0) is 17.5. The van der Waals surface area contributed by atoms with Gasteiger partial charge in [0, 0.05) is 45.1 Å². The van der Waals surface area contributed by atoms with Crippen LogP contribution in [0.25, 0.3) is 0 Å². The van der Waals surface area contributed by atoms with Gasteiger partial charge in [0.1, 0.15) is 0 Å². The third kappa shape index (κ3) is 2.84. The highest BCUT2D eigenvalue weighted by molar-refractivity contribution is 5.89. The normalized spacial score (nSPS) is 28.0. The third-order valence-electron chi connectivity index (χ3n) is 6.19. The van der Waals surface area contributed by atoms with Gasteiger partial charge < -0.3 is 19.5 Å². The standard InChI is InChI=1S/C18H26N4O3/c23-11-10-21-7-1-2-17(15(21)24)5-8-22(13-17)16(25)18(3-4-18)12-20-9-6-19-14-20/h6,9,14,23H,1-5,7-8,10-13H2/t17-/m1/s1. The van der Waals surface area contributed by atoms with E-state index in [1.807, 2.05) is 15.7 Å². The van der Waals surface area contributed by atoms with Crippen molar-refractivity contribution in [2.75, 3.05) is 32.8 Å². The SMILES string of the molecule is O=C(N1CC[C@]2(CCCN(CCO)C2=O)C1)C1(Cn2ccnc2)CC1. The first-order valence-electron chi connectivity index (χ1n) is 9.24. The molecule has 25 heavy (non-hydrogen) atoms. The van der Waals surface area contributed by atoms with Crippen LogP contribution in [0.3, 0.4) is 0 Å². The summed E-state index contributed by atoms with van der Waals surface area (Å²) >= 11 is 0. The van der Waals surface area contributed by atoms with Crippen LogP contribution in [-0.2, 0) is 16.1 Å². The molecule has 2 aliphatic heterocycles. The average molecular weight is 346 g/mol. The smallest absolute Gasteiger partial charge is 0.230 e. The van der Waals surface area contributed by atoms with Gasteiger partial charge in [-0.05, 0) is 32.1 Å². The molecule has 1 atom stereocenters. The van der Waals surface area contributed by atoms with E-state index in [0.717, 1.165) is 38.6 Å². The van der Waals surface area contributed by atoms with Crippen molar-refractivity contribution in [1.29, 1.82) is 0 Å². The molecule has 0 aromatic carbocycles. The summed E-state index contributed by atoms with van der Waals surface area (Å²) in [4.78, 5) is 33.8. The monoisotopic (exact) mass is 346 g/mol. The largest absolute Gasteiger partial charge is 0.395 e. The van der Waals surface area contributed by atoms with Gasteiger partial charge in [0.05, 0.1) is 23.8 Å². The number of hydrogen-bond donors (Lipinski definition) is 1. The van der Waals surface area contributed by atoms with Crippen molar-refractivity contribution in [2.45, 2.75) is 38.6 Å². The summed E-state index contributed by atoms with van der Waals surface area (Å²) in [7, 11) is 0. The van der Waals surface area contributed by atoms with Crippen molar-refractivity contribution in [3.63, 3.8) is 0 Å². The Labute approximate surface area is 147 Å². The Morgan fingerprint density at radius 2 is 2.08 bits per heavy atom. The van der Waals surface area contributed by atoms with Gasteiger partial charge in [-0.15, -0.1) is 0 Å². The minimum atomic E-state index is -0.422. The minimum Gasteiger partial charge on any atom is -0.395 e. The molecule has 1 aromatic rings. The number of piperidine rings is 1. The molecule has 2 saturated heterocycles. The lowest BCUT2D eigenvalue weighted by Gasteiger charge is -2.39. The lowest BCUT2D eigenvalue weighted by atomic mass is 9.78. The number of aliphatic hydroxyl groups is 1. The minimum absolute atomic E-state index is 0.00151. The average Bonchev–Trinajstić information content (AvgIpc) is 3.02. The van der Waals surface area contributed by atoms with Crippen molar-refractivity contribution in [3.8, 4) is 0 Å². The highest BCUT2D eigenvalue weighted by Gasteiger charge is 2.56. The first-order valence-corrected chi connectivity index (χ1v) is 9.24. The number of β-amino-alcohol motifs (C(OH)–C–C–N with tert-alkyl or cyclic N) is 1. The highest BCUT2D eigenvalue weighted by Crippen LogP contribution is 2.50. The summed E-state index contributed by atoms with van der Waals surface area (Å²) in [6.07, 6.45) is 9.78. The summed E-state index contributed by atoms with van der Waals surface area (Å²) in [5.41, 5.74) is -0.719. The van der Waals surface area contributed by atoms with Gasteiger partial charge in [-0.25, -0.2) is 4.98 Å². The fourth-order valence-corrected chi connectivity index (χ4v) is 4.57. The molecule has 3 aliphatic rings. The van der Waals surface area contributed by atoms with Crippen LogP contribution in [0.15, 0.2) is 18.7 Å². The number of rotatable bonds is 5. The molecule has 4 rings (SSSR count). The molecule has 1 spiro atoms. The summed E-state index contributed by atoms with van der Waals surface area (Å²) < 4.78 is 1.98. The van der Waals surface area contributed by atoms with Gasteiger partial charge in [-0.2, -0.15) is 0 Å². The summed E-state index contributed by atoms with van der Waals surface area (Å²) in [6.45, 7) is 3.01. The van der Waals surface area contributed by atoms with Gasteiger partial charge in [0.15, 0.2) is 0 Å². The number of carbonyl (C=O) groups excluding carboxylic acids is 2. The Balaban J connectivity index is 1.45. The molecule has 1 saturated carbocycles. The molecule has 136 valence electrons. The Morgan fingerprint density at radius 3 is 2.76 bits per heavy atom. The van der Waals surface area contributed by atoms with Crippen LogP contribution in [0.4, 0.5) is 0 Å². The number of nitrogens with zero attached hydrogens (tertiary/aromatic N) is 4. The predicted octanol–water partition coefficient (Wildman–Crippen LogP) is 0.497. The summed E-state index contributed by atoms with van der Waals surface area (Å²) in [5, 5.41) is 9.18. The molecule has 7 heteroatoms. The maximum atomic E-state index is 13.1. The van der Waals surface area contributed by atoms with E-state index in [1.54, 1.807) is 17.4 Å². The topological polar surface area (TPSA) is 78.7 Å². The molecule has 0 unspecified atom stereocenters. The molecular weight excluding hydrogens is 320 g/mol. The Hall–Kier alpha value is -1.89. The number of hydrogen-bond acceptors (Lipinski definition) is 4. The number of aliphatic hydroxyl groups excluding tert-OH is 1. The van der Waals surface area contributed by atoms with Crippen LogP contribution in [-0.4, -0.2) is 69.1 Å². The molecular formula is C18H26N4O3. The van der Waals surface area contributed by atoms with Crippen LogP contribution < -0.4 is 0 Å². The van der Waals surface area contributed by atoms with E-state index in [1.165, 1.54) is 0 Å². The van der Waals surface area contributed by atoms with Gasteiger partial charge in [-0.3, -0.25) is 9.59 Å². The van der Waals surface area contributed by atoms with Crippen molar-refractivity contribution < 1.29 is 14.7 Å². The van der Waals surface area contributed by atoms with Gasteiger partial charge in [0.25, 0.3) is 0 Å². The van der Waals surface area contributed by atoms with E-state index in [-0.39, 0.29) is 23.8 Å². The molecule has 3 fully saturated rings. The Morgan fingerprint density at radius 1 is 1.24 bits per heavy atom. The van der Waals surface area contributed by atoms with Gasteiger partial charge >= 0.3 is 0 Å². The van der Waals surface area contributed by atoms with Gasteiger partial charge in [-0.1, -0.05) is 0 Å². The fourth-order valence-electron chi connectivity index (χ4n) is 4.57. The first-order chi connectivity index (χ1) is 12.1. The molecule has 0 radical (unpaired) electrons. The number of imidazole rings is 1. The zero-order valence-corrected chi connectivity index (χ0v) is 14.6. The van der Waals surface area contributed by atoms with Crippen LogP contribution >= 0.6 is 0 Å². The molecule has 3 heterocycles. The van der Waals surface area contributed by atoms with Crippen LogP contribution in [0.5, 0.6) is 0 Å². The first kappa shape index (κ1) is 16.6. The van der Waals surface area contributed by atoms with E-state index in [2.05, 4.69) is 4.98 Å². The quantitative estimate of drug-likeness (QED) is 0.842. The molecule has 7 nitrogen and oxygen atoms in total. The van der Waals surface area contributed by atoms with Crippen molar-refractivity contribution in [1.82, 2.24) is 19.4 Å². The Bertz CT molecular complexity index is 653. The second-order valence-corrected chi connectivity index (χ2v) is 7.89. The van der Waals surface area contributed by atoms with E-state index in [9.17, 15) is 14.7 Å². The third-order valence-corrected chi connectivity index (χ3v) is 6.19. The fraction of sp³-hybridized carbons (Fsp3) is 0.722. The van der Waals surface area contributed by atoms with Gasteiger partial charge in [0.2, 0.25) is 11.8 Å². The van der Waals surface area contributed by atoms with Crippen LogP contribution in [0, 0.1) is 10.8 Å². The molecule has 1 aliphatic carbocycles. The number of amides is 2. The van der Waals surface area contributed by atoms with E-state index >= 15 is 0 Å². The predicted molar refractivity (Wildman–Crippen MR) is 90.4 cm³/mol. The van der Waals surface area contributed by atoms with Crippen molar-refractivity contribution in [2.24, 2.45) is 10.8 Å². The zero-order valence-electron chi connectivity index (χ0n) is 14.6. The Kier molecular flexibility index (Phi) is 4.06. The molecule has 0 bridgehead atoms. The maximum absolute atomic E-state index is 13.1. The number of aromatic nitrogens is 2. The van der Waals surface area contributed by atoms with E-state index in [4.69, 9.17) is 0 Å². The summed E-state index contributed by atoms with van der Waals surface area (Å²) in [6, 6.07) is 0. The highest BCUT2D eigenvalue weighted by atomic mass is 16.3. The van der Waals surface area contributed by atoms with Crippen LogP contribution in [0.2, 0.25) is 0 Å². The van der Waals surface area contributed by atoms with E-state index in [0.29, 0.717) is 26.2 Å². The molecule has 1 aromatic heterocycles. The van der Waals surface area contributed by atoms with E-state index < -0.39 is 5.41 Å². The number of likely N-dealkylation sites (tertiary alicyclic amines) is 2. The number of carbonyl (C=O) groups is 2. The van der Waals surface area contributed by atoms with Crippen molar-refractivity contribution >= 4 is 11.8 Å². The second-order valence-electron chi connectivity index (χ2n) is 7.89. The molecule has 1 N–H and O–H groups in total. The lowest BCUT2D eigenvalue weighted by molar-refractivity contribution is -0.147. The van der Waals surface area contributed by atoms with Crippen LogP contribution in [0.1, 0.15) is 32.1 Å². The summed E-state index contributed by atoms with van der Waals surface area (Å²) in [5.74, 6) is 0.327.